The van der Waals surface area contributed by atoms with Crippen LogP contribution in [-0.4, -0.2) is 49.4 Å². The van der Waals surface area contributed by atoms with Crippen LogP contribution in [0.25, 0.3) is 0 Å². The van der Waals surface area contributed by atoms with Gasteiger partial charge in [-0.05, 0) is 19.8 Å². The first-order valence-corrected chi connectivity index (χ1v) is 5.54. The fourth-order valence-corrected chi connectivity index (χ4v) is 0.682. The summed E-state index contributed by atoms with van der Waals surface area (Å²) in [7, 11) is 1.58. The standard InChI is InChI=1S/C6H14O2.C5H12O2/c1-3-6(7)5-8-4-2;1-3-5(6)4-7-2/h6-7H,3-5H2,1-2H3;5-6H,3-4H2,1-2H3. The lowest BCUT2D eigenvalue weighted by molar-refractivity contribution is 0.0408. The van der Waals surface area contributed by atoms with Crippen molar-refractivity contribution in [3.05, 3.63) is 0 Å². The molecule has 0 aliphatic carbocycles. The fraction of sp³-hybridized carbons (Fsp3) is 1.00. The molecule has 94 valence electrons. The molecule has 0 aliphatic heterocycles. The lowest BCUT2D eigenvalue weighted by atomic mass is 10.3. The molecular formula is C11H26O4. The number of hydrogen-bond donors (Lipinski definition) is 2. The van der Waals surface area contributed by atoms with Gasteiger partial charge < -0.3 is 19.7 Å². The van der Waals surface area contributed by atoms with E-state index in [1.54, 1.807) is 7.11 Å². The Morgan fingerprint density at radius 3 is 1.67 bits per heavy atom. The van der Waals surface area contributed by atoms with Gasteiger partial charge in [0, 0.05) is 13.7 Å². The summed E-state index contributed by atoms with van der Waals surface area (Å²) in [5.41, 5.74) is 0. The molecule has 0 saturated heterocycles. The Balaban J connectivity index is 0. The highest BCUT2D eigenvalue weighted by atomic mass is 16.5. The largest absolute Gasteiger partial charge is 0.391 e. The van der Waals surface area contributed by atoms with E-state index in [0.29, 0.717) is 19.8 Å². The first-order chi connectivity index (χ1) is 7.12. The van der Waals surface area contributed by atoms with Crippen molar-refractivity contribution in [3.63, 3.8) is 0 Å². The molecule has 0 bridgehead atoms. The van der Waals surface area contributed by atoms with Crippen molar-refractivity contribution in [1.82, 2.24) is 0 Å². The molecule has 0 saturated carbocycles. The van der Waals surface area contributed by atoms with Gasteiger partial charge in [0.1, 0.15) is 0 Å². The maximum atomic E-state index is 8.86. The highest BCUT2D eigenvalue weighted by molar-refractivity contribution is 4.47. The Morgan fingerprint density at radius 1 is 0.933 bits per heavy atom. The SMILES string of the molecule is CCC(O)COC.CCOCC(O)CC. The summed E-state index contributed by atoms with van der Waals surface area (Å²) in [6.07, 6.45) is 1.01. The third-order valence-corrected chi connectivity index (χ3v) is 1.82. The summed E-state index contributed by atoms with van der Waals surface area (Å²) in [5.74, 6) is 0. The number of ether oxygens (including phenoxy) is 2. The Kier molecular flexibility index (Phi) is 15.9. The van der Waals surface area contributed by atoms with Gasteiger partial charge in [0.2, 0.25) is 0 Å². The summed E-state index contributed by atoms with van der Waals surface area (Å²) in [5, 5.41) is 17.6. The van der Waals surface area contributed by atoms with E-state index < -0.39 is 0 Å². The normalized spacial score (nSPS) is 14.0. The quantitative estimate of drug-likeness (QED) is 0.679. The molecule has 0 aromatic rings. The van der Waals surface area contributed by atoms with Gasteiger partial charge in [0.25, 0.3) is 0 Å². The predicted molar refractivity (Wildman–Crippen MR) is 61.0 cm³/mol. The topological polar surface area (TPSA) is 58.9 Å². The van der Waals surface area contributed by atoms with Crippen molar-refractivity contribution in [2.75, 3.05) is 26.9 Å². The van der Waals surface area contributed by atoms with E-state index in [0.717, 1.165) is 12.8 Å². The van der Waals surface area contributed by atoms with Gasteiger partial charge in [0.05, 0.1) is 25.4 Å². The number of rotatable bonds is 7. The van der Waals surface area contributed by atoms with Crippen LogP contribution in [0.3, 0.4) is 0 Å². The Morgan fingerprint density at radius 2 is 1.40 bits per heavy atom. The predicted octanol–water partition coefficient (Wildman–Crippen LogP) is 1.20. The number of aliphatic hydroxyl groups is 2. The van der Waals surface area contributed by atoms with Gasteiger partial charge in [-0.1, -0.05) is 13.8 Å². The monoisotopic (exact) mass is 222 g/mol. The lowest BCUT2D eigenvalue weighted by Gasteiger charge is -2.05. The van der Waals surface area contributed by atoms with Crippen molar-refractivity contribution in [3.8, 4) is 0 Å². The Hall–Kier alpha value is -0.160. The second kappa shape index (κ2) is 13.8. The molecule has 4 heteroatoms. The van der Waals surface area contributed by atoms with Crippen molar-refractivity contribution in [2.24, 2.45) is 0 Å². The lowest BCUT2D eigenvalue weighted by Crippen LogP contribution is -2.13. The Labute approximate surface area is 93.2 Å². The molecule has 0 aromatic heterocycles. The van der Waals surface area contributed by atoms with Crippen LogP contribution in [0.15, 0.2) is 0 Å². The van der Waals surface area contributed by atoms with Crippen molar-refractivity contribution >= 4 is 0 Å². The maximum absolute atomic E-state index is 8.86. The van der Waals surface area contributed by atoms with Crippen LogP contribution in [0.5, 0.6) is 0 Å². The molecule has 2 atom stereocenters. The molecule has 0 aromatic carbocycles. The van der Waals surface area contributed by atoms with Crippen LogP contribution in [0.4, 0.5) is 0 Å². The Bertz CT molecular complexity index is 109. The van der Waals surface area contributed by atoms with Crippen LogP contribution >= 0.6 is 0 Å². The average molecular weight is 222 g/mol. The van der Waals surface area contributed by atoms with Crippen LogP contribution in [0.1, 0.15) is 33.6 Å². The zero-order valence-corrected chi connectivity index (χ0v) is 10.4. The molecule has 0 rings (SSSR count). The van der Waals surface area contributed by atoms with Crippen LogP contribution in [-0.2, 0) is 9.47 Å². The molecule has 0 aliphatic rings. The number of hydrogen-bond acceptors (Lipinski definition) is 4. The fourth-order valence-electron chi connectivity index (χ4n) is 0.682. The van der Waals surface area contributed by atoms with Gasteiger partial charge in [-0.15, -0.1) is 0 Å². The van der Waals surface area contributed by atoms with Gasteiger partial charge in [-0.25, -0.2) is 0 Å². The van der Waals surface area contributed by atoms with Crippen LogP contribution in [0.2, 0.25) is 0 Å². The third kappa shape index (κ3) is 16.5. The molecule has 15 heavy (non-hydrogen) atoms. The van der Waals surface area contributed by atoms with E-state index in [2.05, 4.69) is 4.74 Å². The number of aliphatic hydroxyl groups excluding tert-OH is 2. The van der Waals surface area contributed by atoms with Gasteiger partial charge in [-0.2, -0.15) is 0 Å². The zero-order chi connectivity index (χ0) is 12.1. The molecule has 0 spiro atoms. The molecule has 0 amide bonds. The van der Waals surface area contributed by atoms with Gasteiger partial charge in [-0.3, -0.25) is 0 Å². The molecular weight excluding hydrogens is 196 g/mol. The minimum atomic E-state index is -0.273. The second-order valence-corrected chi connectivity index (χ2v) is 3.24. The van der Waals surface area contributed by atoms with Crippen molar-refractivity contribution in [2.45, 2.75) is 45.8 Å². The molecule has 2 N–H and O–H groups in total. The second-order valence-electron chi connectivity index (χ2n) is 3.24. The minimum absolute atomic E-state index is 0.269. The third-order valence-electron chi connectivity index (χ3n) is 1.82. The zero-order valence-electron chi connectivity index (χ0n) is 10.4. The summed E-state index contributed by atoms with van der Waals surface area (Å²) in [6.45, 7) is 7.40. The minimum Gasteiger partial charge on any atom is -0.391 e. The van der Waals surface area contributed by atoms with E-state index in [4.69, 9.17) is 14.9 Å². The molecule has 2 unspecified atom stereocenters. The van der Waals surface area contributed by atoms with Gasteiger partial charge in [0.15, 0.2) is 0 Å². The van der Waals surface area contributed by atoms with E-state index >= 15 is 0 Å². The highest BCUT2D eigenvalue weighted by Gasteiger charge is 1.96. The van der Waals surface area contributed by atoms with E-state index in [9.17, 15) is 0 Å². The molecule has 0 heterocycles. The molecule has 4 nitrogen and oxygen atoms in total. The molecule has 0 radical (unpaired) electrons. The van der Waals surface area contributed by atoms with E-state index in [1.807, 2.05) is 20.8 Å². The summed E-state index contributed by atoms with van der Waals surface area (Å²) in [4.78, 5) is 0. The summed E-state index contributed by atoms with van der Waals surface area (Å²) < 4.78 is 9.58. The smallest absolute Gasteiger partial charge is 0.0771 e. The van der Waals surface area contributed by atoms with E-state index in [1.165, 1.54) is 0 Å². The first-order valence-electron chi connectivity index (χ1n) is 5.54. The summed E-state index contributed by atoms with van der Waals surface area (Å²) in [6, 6.07) is 0. The van der Waals surface area contributed by atoms with Crippen LogP contribution in [0, 0.1) is 0 Å². The van der Waals surface area contributed by atoms with Crippen molar-refractivity contribution < 1.29 is 19.7 Å². The first kappa shape index (κ1) is 17.2. The van der Waals surface area contributed by atoms with E-state index in [-0.39, 0.29) is 12.2 Å². The average Bonchev–Trinajstić information content (AvgIpc) is 2.26. The summed E-state index contributed by atoms with van der Waals surface area (Å²) >= 11 is 0. The van der Waals surface area contributed by atoms with Gasteiger partial charge >= 0.3 is 0 Å². The maximum Gasteiger partial charge on any atom is 0.0771 e. The molecule has 0 fully saturated rings. The highest BCUT2D eigenvalue weighted by Crippen LogP contribution is 1.89. The van der Waals surface area contributed by atoms with Crippen LogP contribution < -0.4 is 0 Å². The van der Waals surface area contributed by atoms with Crippen molar-refractivity contribution in [1.29, 1.82) is 0 Å². The number of methoxy groups -OCH3 is 1.